The first-order chi connectivity index (χ1) is 9.28. The number of ether oxygens (including phenoxy) is 1. The molecule has 106 valence electrons. The van der Waals surface area contributed by atoms with Gasteiger partial charge in [-0.15, -0.1) is 11.3 Å². The molecule has 0 bridgehead atoms. The minimum absolute atomic E-state index is 0.240. The number of likely N-dealkylation sites (N-methyl/N-ethyl adjacent to an activating group) is 1. The fraction of sp³-hybridized carbons (Fsp3) is 0.714. The fourth-order valence-electron chi connectivity index (χ4n) is 3.17. The molecule has 3 nitrogen and oxygen atoms in total. The van der Waals surface area contributed by atoms with E-state index in [2.05, 4.69) is 23.2 Å². The van der Waals surface area contributed by atoms with Gasteiger partial charge < -0.3 is 10.1 Å². The summed E-state index contributed by atoms with van der Waals surface area (Å²) in [6.07, 6.45) is 2.85. The molecule has 3 unspecified atom stereocenters. The van der Waals surface area contributed by atoms with Crippen LogP contribution in [0.4, 0.5) is 0 Å². The zero-order valence-corrected chi connectivity index (χ0v) is 12.8. The second-order valence-corrected chi connectivity index (χ2v) is 7.09. The Morgan fingerprint density at radius 2 is 2.47 bits per heavy atom. The van der Waals surface area contributed by atoms with Crippen molar-refractivity contribution in [2.45, 2.75) is 38.0 Å². The van der Waals surface area contributed by atoms with E-state index in [1.165, 1.54) is 24.3 Å². The summed E-state index contributed by atoms with van der Waals surface area (Å²) >= 11 is 7.73. The van der Waals surface area contributed by atoms with Gasteiger partial charge in [-0.25, -0.2) is 0 Å². The van der Waals surface area contributed by atoms with Crippen LogP contribution in [0.3, 0.4) is 0 Å². The first kappa shape index (κ1) is 13.8. The molecule has 1 aromatic heterocycles. The molecule has 0 spiro atoms. The summed E-state index contributed by atoms with van der Waals surface area (Å²) < 4.78 is 6.98. The maximum absolute atomic E-state index is 6.13. The van der Waals surface area contributed by atoms with E-state index in [4.69, 9.17) is 16.3 Å². The largest absolute Gasteiger partial charge is 0.373 e. The highest BCUT2D eigenvalue weighted by molar-refractivity contribution is 7.16. The van der Waals surface area contributed by atoms with E-state index in [0.717, 1.165) is 24.0 Å². The zero-order chi connectivity index (χ0) is 13.2. The molecule has 0 amide bonds. The van der Waals surface area contributed by atoms with Crippen LogP contribution in [0.5, 0.6) is 0 Å². The third-order valence-electron chi connectivity index (χ3n) is 4.11. The number of hydrogen-bond donors (Lipinski definition) is 1. The van der Waals surface area contributed by atoms with Crippen LogP contribution in [0.15, 0.2) is 12.1 Å². The van der Waals surface area contributed by atoms with E-state index < -0.39 is 0 Å². The lowest BCUT2D eigenvalue weighted by Crippen LogP contribution is -2.50. The van der Waals surface area contributed by atoms with Gasteiger partial charge in [0.05, 0.1) is 23.1 Å². The predicted molar refractivity (Wildman–Crippen MR) is 80.1 cm³/mol. The summed E-state index contributed by atoms with van der Waals surface area (Å²) in [5.41, 5.74) is 0. The second-order valence-electron chi connectivity index (χ2n) is 5.34. The summed E-state index contributed by atoms with van der Waals surface area (Å²) in [5, 5.41) is 3.56. The molecule has 2 aliphatic heterocycles. The van der Waals surface area contributed by atoms with Crippen LogP contribution >= 0.6 is 22.9 Å². The average molecular weight is 301 g/mol. The van der Waals surface area contributed by atoms with Gasteiger partial charge in [0.1, 0.15) is 0 Å². The maximum Gasteiger partial charge on any atom is 0.0931 e. The van der Waals surface area contributed by atoms with Gasteiger partial charge in [0.25, 0.3) is 0 Å². The van der Waals surface area contributed by atoms with Gasteiger partial charge >= 0.3 is 0 Å². The number of halogens is 1. The Bertz CT molecular complexity index is 425. The van der Waals surface area contributed by atoms with Crippen LogP contribution in [0.25, 0.3) is 0 Å². The molecule has 1 N–H and O–H groups in total. The normalized spacial score (nSPS) is 29.4. The van der Waals surface area contributed by atoms with Gasteiger partial charge in [-0.2, -0.15) is 0 Å². The summed E-state index contributed by atoms with van der Waals surface area (Å²) in [6.45, 7) is 6.24. The standard InChI is InChI=1S/C14H21ClN2OS/c1-2-16-14(12-5-6-13(15)19-12)11-8-17-7-3-4-10(17)9-18-11/h5-6,10-11,14,16H,2-4,7-9H2,1H3. The minimum Gasteiger partial charge on any atom is -0.373 e. The smallest absolute Gasteiger partial charge is 0.0931 e. The average Bonchev–Trinajstić information content (AvgIpc) is 3.03. The second kappa shape index (κ2) is 6.10. The quantitative estimate of drug-likeness (QED) is 0.925. The Kier molecular flexibility index (Phi) is 4.44. The van der Waals surface area contributed by atoms with E-state index in [-0.39, 0.29) is 12.1 Å². The summed E-state index contributed by atoms with van der Waals surface area (Å²) in [5.74, 6) is 0. The van der Waals surface area contributed by atoms with Crippen LogP contribution in [0, 0.1) is 0 Å². The number of thiophene rings is 1. The number of morpholine rings is 1. The van der Waals surface area contributed by atoms with Crippen molar-refractivity contribution in [2.75, 3.05) is 26.2 Å². The number of rotatable bonds is 4. The van der Waals surface area contributed by atoms with Crippen molar-refractivity contribution in [3.05, 3.63) is 21.3 Å². The van der Waals surface area contributed by atoms with Crippen molar-refractivity contribution in [3.63, 3.8) is 0 Å². The molecule has 1 aromatic rings. The van der Waals surface area contributed by atoms with Crippen LogP contribution in [-0.4, -0.2) is 43.3 Å². The van der Waals surface area contributed by atoms with Crippen LogP contribution in [-0.2, 0) is 4.74 Å². The Balaban J connectivity index is 1.73. The minimum atomic E-state index is 0.240. The lowest BCUT2D eigenvalue weighted by molar-refractivity contribution is -0.0645. The van der Waals surface area contributed by atoms with Crippen molar-refractivity contribution >= 4 is 22.9 Å². The Hall–Kier alpha value is -0.130. The van der Waals surface area contributed by atoms with Gasteiger partial charge in [0.15, 0.2) is 0 Å². The topological polar surface area (TPSA) is 24.5 Å². The van der Waals surface area contributed by atoms with Crippen molar-refractivity contribution in [3.8, 4) is 0 Å². The molecule has 0 radical (unpaired) electrons. The third kappa shape index (κ3) is 2.98. The molecule has 2 fully saturated rings. The van der Waals surface area contributed by atoms with Crippen molar-refractivity contribution in [1.29, 1.82) is 0 Å². The molecule has 5 heteroatoms. The van der Waals surface area contributed by atoms with Crippen molar-refractivity contribution < 1.29 is 4.74 Å². The van der Waals surface area contributed by atoms with Crippen LogP contribution in [0.1, 0.15) is 30.7 Å². The lowest BCUT2D eigenvalue weighted by Gasteiger charge is -2.38. The van der Waals surface area contributed by atoms with E-state index >= 15 is 0 Å². The number of fused-ring (bicyclic) bond motifs is 1. The predicted octanol–water partition coefficient (Wildman–Crippen LogP) is 2.92. The monoisotopic (exact) mass is 300 g/mol. The summed E-state index contributed by atoms with van der Waals surface area (Å²) in [7, 11) is 0. The molecule has 2 saturated heterocycles. The highest BCUT2D eigenvalue weighted by Crippen LogP contribution is 2.33. The Morgan fingerprint density at radius 3 is 3.21 bits per heavy atom. The van der Waals surface area contributed by atoms with E-state index in [1.54, 1.807) is 11.3 Å². The van der Waals surface area contributed by atoms with Crippen molar-refractivity contribution in [2.24, 2.45) is 0 Å². The molecule has 2 aliphatic rings. The molecule has 19 heavy (non-hydrogen) atoms. The Labute approximate surface area is 123 Å². The van der Waals surface area contributed by atoms with Crippen LogP contribution < -0.4 is 5.32 Å². The maximum atomic E-state index is 6.13. The van der Waals surface area contributed by atoms with Gasteiger partial charge in [0, 0.05) is 17.5 Å². The zero-order valence-electron chi connectivity index (χ0n) is 11.3. The first-order valence-electron chi connectivity index (χ1n) is 7.12. The fourth-order valence-corrected chi connectivity index (χ4v) is 4.36. The van der Waals surface area contributed by atoms with Gasteiger partial charge in [-0.1, -0.05) is 18.5 Å². The Morgan fingerprint density at radius 1 is 1.58 bits per heavy atom. The number of nitrogens with one attached hydrogen (secondary N) is 1. The molecular weight excluding hydrogens is 280 g/mol. The number of hydrogen-bond acceptors (Lipinski definition) is 4. The van der Waals surface area contributed by atoms with Gasteiger partial charge in [-0.3, -0.25) is 4.90 Å². The SMILES string of the molecule is CCNC(c1ccc(Cl)s1)C1CN2CCCC2CO1. The molecule has 0 aromatic carbocycles. The molecule has 3 rings (SSSR count). The highest BCUT2D eigenvalue weighted by atomic mass is 35.5. The van der Waals surface area contributed by atoms with Gasteiger partial charge in [-0.05, 0) is 38.1 Å². The van der Waals surface area contributed by atoms with Gasteiger partial charge in [0.2, 0.25) is 0 Å². The summed E-state index contributed by atoms with van der Waals surface area (Å²) in [6, 6.07) is 5.03. The summed E-state index contributed by atoms with van der Waals surface area (Å²) in [4.78, 5) is 3.88. The lowest BCUT2D eigenvalue weighted by atomic mass is 10.1. The van der Waals surface area contributed by atoms with Crippen molar-refractivity contribution in [1.82, 2.24) is 10.2 Å². The third-order valence-corrected chi connectivity index (χ3v) is 5.43. The molecular formula is C14H21ClN2OS. The van der Waals surface area contributed by atoms with Crippen LogP contribution in [0.2, 0.25) is 4.34 Å². The number of nitrogens with zero attached hydrogens (tertiary/aromatic N) is 1. The molecule has 0 aliphatic carbocycles. The highest BCUT2D eigenvalue weighted by Gasteiger charge is 2.36. The molecule has 3 heterocycles. The van der Waals surface area contributed by atoms with E-state index in [1.807, 2.05) is 6.07 Å². The first-order valence-corrected chi connectivity index (χ1v) is 8.31. The molecule has 3 atom stereocenters. The molecule has 0 saturated carbocycles. The van der Waals surface area contributed by atoms with E-state index in [9.17, 15) is 0 Å². The van der Waals surface area contributed by atoms with E-state index in [0.29, 0.717) is 6.04 Å².